The van der Waals surface area contributed by atoms with Gasteiger partial charge in [0.05, 0.1) is 0 Å². The molecule has 8 N–H and O–H groups in total. The van der Waals surface area contributed by atoms with E-state index in [2.05, 4.69) is 0 Å². The van der Waals surface area contributed by atoms with Crippen molar-refractivity contribution in [3.63, 3.8) is 0 Å². The van der Waals surface area contributed by atoms with Crippen LogP contribution in [0.2, 0.25) is 0 Å². The molecule has 0 aliphatic carbocycles. The number of carboxylic acid groups (broad SMARTS) is 2. The SMILES string of the molecule is N[C@@H](CCSSCC[C@H](N)C(=O)O)C(=O)O.O. The topological polar surface area (TPSA) is 158 Å². The average molecular weight is 286 g/mol. The van der Waals surface area contributed by atoms with Crippen molar-refractivity contribution in [2.24, 2.45) is 11.5 Å². The Morgan fingerprint density at radius 1 is 0.941 bits per heavy atom. The summed E-state index contributed by atoms with van der Waals surface area (Å²) in [7, 11) is 2.96. The average Bonchev–Trinajstić information content (AvgIpc) is 2.21. The van der Waals surface area contributed by atoms with Gasteiger partial charge in [-0.1, -0.05) is 21.6 Å². The van der Waals surface area contributed by atoms with Gasteiger partial charge in [-0.15, -0.1) is 0 Å². The van der Waals surface area contributed by atoms with Crippen molar-refractivity contribution in [1.29, 1.82) is 0 Å². The van der Waals surface area contributed by atoms with Crippen LogP contribution in [0, 0.1) is 0 Å². The summed E-state index contributed by atoms with van der Waals surface area (Å²) in [5, 5.41) is 17.0. The zero-order valence-electron chi connectivity index (χ0n) is 9.17. The van der Waals surface area contributed by atoms with Gasteiger partial charge in [0.25, 0.3) is 0 Å². The first-order valence-electron chi connectivity index (χ1n) is 4.66. The number of carboxylic acids is 2. The molecule has 2 atom stereocenters. The minimum Gasteiger partial charge on any atom is -0.480 e. The highest BCUT2D eigenvalue weighted by Crippen LogP contribution is 2.23. The van der Waals surface area contributed by atoms with Crippen molar-refractivity contribution in [3.8, 4) is 0 Å². The molecule has 0 bridgehead atoms. The minimum absolute atomic E-state index is 0. The molecule has 0 saturated carbocycles. The van der Waals surface area contributed by atoms with E-state index in [0.29, 0.717) is 24.3 Å². The molecule has 0 saturated heterocycles. The van der Waals surface area contributed by atoms with Crippen molar-refractivity contribution in [2.75, 3.05) is 11.5 Å². The van der Waals surface area contributed by atoms with Crippen molar-refractivity contribution >= 4 is 33.5 Å². The minimum atomic E-state index is -1.00. The third-order valence-corrected chi connectivity index (χ3v) is 4.21. The molecular formula is C8H18N2O5S2. The van der Waals surface area contributed by atoms with Gasteiger partial charge in [-0.25, -0.2) is 0 Å². The fraction of sp³-hybridized carbons (Fsp3) is 0.750. The molecule has 0 heterocycles. The number of nitrogens with two attached hydrogens (primary N) is 2. The molecule has 7 nitrogen and oxygen atoms in total. The van der Waals surface area contributed by atoms with E-state index in [1.54, 1.807) is 0 Å². The standard InChI is InChI=1S/C8H16N2O4S2.H2O/c9-5(7(11)12)1-3-15-16-4-2-6(10)8(13)14;/h5-6H,1-4,9-10H2,(H,11,12)(H,13,14);1H2/t5-,6-;/m0./s1. The molecule has 17 heavy (non-hydrogen) atoms. The highest BCUT2D eigenvalue weighted by atomic mass is 33.1. The molecule has 0 unspecified atom stereocenters. The van der Waals surface area contributed by atoms with E-state index >= 15 is 0 Å². The molecule has 0 aliphatic rings. The number of hydrogen-bond donors (Lipinski definition) is 4. The van der Waals surface area contributed by atoms with E-state index in [0.717, 1.165) is 0 Å². The van der Waals surface area contributed by atoms with Crippen LogP contribution in [0.1, 0.15) is 12.8 Å². The van der Waals surface area contributed by atoms with Crippen LogP contribution in [-0.2, 0) is 9.59 Å². The maximum absolute atomic E-state index is 10.4. The molecule has 0 aliphatic heterocycles. The van der Waals surface area contributed by atoms with Gasteiger partial charge < -0.3 is 27.2 Å². The summed E-state index contributed by atoms with van der Waals surface area (Å²) >= 11 is 0. The summed E-state index contributed by atoms with van der Waals surface area (Å²) in [4.78, 5) is 20.7. The van der Waals surface area contributed by atoms with Gasteiger partial charge in [-0.3, -0.25) is 9.59 Å². The molecule has 9 heteroatoms. The van der Waals surface area contributed by atoms with Gasteiger partial charge in [0.2, 0.25) is 0 Å². The fourth-order valence-electron chi connectivity index (χ4n) is 0.715. The second-order valence-corrected chi connectivity index (χ2v) is 5.81. The molecule has 0 aromatic heterocycles. The molecule has 0 rings (SSSR count). The zero-order valence-corrected chi connectivity index (χ0v) is 10.8. The largest absolute Gasteiger partial charge is 0.480 e. The van der Waals surface area contributed by atoms with Crippen molar-refractivity contribution in [2.45, 2.75) is 24.9 Å². The van der Waals surface area contributed by atoms with E-state index in [-0.39, 0.29) is 5.48 Å². The Kier molecular flexibility index (Phi) is 11.8. The molecule has 0 radical (unpaired) electrons. The first-order chi connectivity index (χ1) is 7.45. The van der Waals surface area contributed by atoms with Crippen molar-refractivity contribution < 1.29 is 25.3 Å². The molecule has 0 spiro atoms. The molecule has 0 aromatic rings. The van der Waals surface area contributed by atoms with Crippen LogP contribution in [0.4, 0.5) is 0 Å². The molecule has 102 valence electrons. The normalized spacial score (nSPS) is 13.5. The Morgan fingerprint density at radius 3 is 1.47 bits per heavy atom. The Bertz CT molecular complexity index is 218. The maximum Gasteiger partial charge on any atom is 0.320 e. The van der Waals surface area contributed by atoms with Crippen molar-refractivity contribution in [3.05, 3.63) is 0 Å². The maximum atomic E-state index is 10.4. The Labute approximate surface area is 107 Å². The number of aliphatic carboxylic acids is 2. The van der Waals surface area contributed by atoms with Gasteiger partial charge >= 0.3 is 11.9 Å². The van der Waals surface area contributed by atoms with E-state index < -0.39 is 24.0 Å². The smallest absolute Gasteiger partial charge is 0.320 e. The van der Waals surface area contributed by atoms with Crippen molar-refractivity contribution in [1.82, 2.24) is 0 Å². The van der Waals surface area contributed by atoms with E-state index in [4.69, 9.17) is 21.7 Å². The van der Waals surface area contributed by atoms with Crippen LogP contribution in [0.25, 0.3) is 0 Å². The number of rotatable bonds is 9. The molecule has 0 amide bonds. The van der Waals surface area contributed by atoms with Gasteiger partial charge in [-0.05, 0) is 12.8 Å². The second kappa shape index (κ2) is 10.7. The summed E-state index contributed by atoms with van der Waals surface area (Å²) < 4.78 is 0. The van der Waals surface area contributed by atoms with Gasteiger partial charge in [0.1, 0.15) is 12.1 Å². The number of hydrogen-bond acceptors (Lipinski definition) is 6. The lowest BCUT2D eigenvalue weighted by Gasteiger charge is -2.06. The van der Waals surface area contributed by atoms with Gasteiger partial charge in [0, 0.05) is 11.5 Å². The third-order valence-electron chi connectivity index (χ3n) is 1.74. The Balaban J connectivity index is 0. The van der Waals surface area contributed by atoms with E-state index in [1.807, 2.05) is 0 Å². The van der Waals surface area contributed by atoms with Gasteiger partial charge in [-0.2, -0.15) is 0 Å². The van der Waals surface area contributed by atoms with Crippen LogP contribution in [-0.4, -0.2) is 51.2 Å². The van der Waals surface area contributed by atoms with E-state index in [9.17, 15) is 9.59 Å². The quantitative estimate of drug-likeness (QED) is 0.315. The molecule has 0 aromatic carbocycles. The predicted molar refractivity (Wildman–Crippen MR) is 69.0 cm³/mol. The Hall–Kier alpha value is -0.480. The summed E-state index contributed by atoms with van der Waals surface area (Å²) in [6.07, 6.45) is 0.802. The third kappa shape index (κ3) is 10.4. The van der Waals surface area contributed by atoms with E-state index in [1.165, 1.54) is 21.6 Å². The van der Waals surface area contributed by atoms with Crippen LogP contribution in [0.3, 0.4) is 0 Å². The van der Waals surface area contributed by atoms with Crippen LogP contribution < -0.4 is 11.5 Å². The first-order valence-corrected chi connectivity index (χ1v) is 7.15. The lowest BCUT2D eigenvalue weighted by Crippen LogP contribution is -2.30. The first kappa shape index (κ1) is 18.9. The lowest BCUT2D eigenvalue weighted by molar-refractivity contribution is -0.139. The molecular weight excluding hydrogens is 268 g/mol. The summed E-state index contributed by atoms with van der Waals surface area (Å²) in [6, 6.07) is -1.65. The lowest BCUT2D eigenvalue weighted by atomic mass is 10.2. The van der Waals surface area contributed by atoms with Gasteiger partial charge in [0.15, 0.2) is 0 Å². The summed E-state index contributed by atoms with van der Waals surface area (Å²) in [6.45, 7) is 0. The Morgan fingerprint density at radius 2 is 1.24 bits per heavy atom. The second-order valence-electron chi connectivity index (χ2n) is 3.11. The van der Waals surface area contributed by atoms with Crippen LogP contribution >= 0.6 is 21.6 Å². The fourth-order valence-corrected chi connectivity index (χ4v) is 2.94. The summed E-state index contributed by atoms with van der Waals surface area (Å²) in [5.41, 5.74) is 10.6. The van der Waals surface area contributed by atoms with Crippen LogP contribution in [0.15, 0.2) is 0 Å². The highest BCUT2D eigenvalue weighted by molar-refractivity contribution is 8.76. The molecule has 0 fully saturated rings. The monoisotopic (exact) mass is 286 g/mol. The zero-order chi connectivity index (χ0) is 12.6. The highest BCUT2D eigenvalue weighted by Gasteiger charge is 2.12. The number of carbonyl (C=O) groups is 2. The summed E-state index contributed by atoms with van der Waals surface area (Å²) in [5.74, 6) is -0.752. The predicted octanol–water partition coefficient (Wildman–Crippen LogP) is -0.853. The van der Waals surface area contributed by atoms with Crippen LogP contribution in [0.5, 0.6) is 0 Å².